The molecule has 0 bridgehead atoms. The molecule has 0 aliphatic rings. The van der Waals surface area contributed by atoms with Gasteiger partial charge in [-0.05, 0) is 41.5 Å². The molecule has 1 N–H and O–H groups in total. The summed E-state index contributed by atoms with van der Waals surface area (Å²) in [5.41, 5.74) is 7.22. The summed E-state index contributed by atoms with van der Waals surface area (Å²) >= 11 is 0. The summed E-state index contributed by atoms with van der Waals surface area (Å²) in [7, 11) is 0. The number of aromatic hydroxyl groups is 1. The Balaban J connectivity index is 0.00000277. The van der Waals surface area contributed by atoms with Crippen LogP contribution in [-0.4, -0.2) is 19.6 Å². The maximum absolute atomic E-state index is 10.6. The number of fused-ring (bicyclic) bond motifs is 3. The second-order valence-corrected chi connectivity index (χ2v) is 9.19. The molecule has 39 heavy (non-hydrogen) atoms. The summed E-state index contributed by atoms with van der Waals surface area (Å²) in [5, 5.41) is 12.8. The van der Waals surface area contributed by atoms with Crippen molar-refractivity contribution in [3.8, 4) is 45.1 Å². The van der Waals surface area contributed by atoms with Crippen molar-refractivity contribution in [1.82, 2.24) is 14.5 Å². The van der Waals surface area contributed by atoms with Gasteiger partial charge in [0.15, 0.2) is 0 Å². The monoisotopic (exact) mass is 683 g/mol. The fourth-order valence-electron chi connectivity index (χ4n) is 5.08. The second kappa shape index (κ2) is 10.3. The average molecular weight is 684 g/mol. The molecule has 4 aromatic carbocycles. The summed E-state index contributed by atoms with van der Waals surface area (Å²) in [6.45, 7) is 0. The maximum Gasteiger partial charge on any atom is 0.146 e. The minimum atomic E-state index is 0. The molecule has 0 amide bonds. The quantitative estimate of drug-likeness (QED) is 0.191. The van der Waals surface area contributed by atoms with E-state index in [9.17, 15) is 5.11 Å². The van der Waals surface area contributed by atoms with E-state index in [4.69, 9.17) is 9.97 Å². The minimum Gasteiger partial charge on any atom is -0.515 e. The van der Waals surface area contributed by atoms with Crippen LogP contribution in [0.15, 0.2) is 128 Å². The van der Waals surface area contributed by atoms with Crippen LogP contribution in [0.3, 0.4) is 0 Å². The van der Waals surface area contributed by atoms with E-state index in [0.717, 1.165) is 61.3 Å². The van der Waals surface area contributed by atoms with Crippen LogP contribution in [0.25, 0.3) is 61.3 Å². The van der Waals surface area contributed by atoms with Gasteiger partial charge in [-0.15, -0.1) is 23.8 Å². The zero-order chi connectivity index (χ0) is 25.5. The molecule has 190 valence electrons. The van der Waals surface area contributed by atoms with E-state index in [1.54, 1.807) is 6.07 Å². The number of para-hydroxylation sites is 2. The molecule has 0 fully saturated rings. The van der Waals surface area contributed by atoms with Crippen LogP contribution >= 0.6 is 0 Å². The van der Waals surface area contributed by atoms with E-state index < -0.39 is 0 Å². The number of pyridine rings is 2. The van der Waals surface area contributed by atoms with Crippen molar-refractivity contribution in [3.05, 3.63) is 134 Å². The van der Waals surface area contributed by atoms with E-state index in [2.05, 4.69) is 53.1 Å². The first-order valence-corrected chi connectivity index (χ1v) is 12.5. The van der Waals surface area contributed by atoms with Crippen LogP contribution < -0.4 is 0 Å². The van der Waals surface area contributed by atoms with Crippen molar-refractivity contribution in [2.45, 2.75) is 0 Å². The van der Waals surface area contributed by atoms with E-state index in [-0.39, 0.29) is 26.8 Å². The van der Waals surface area contributed by atoms with Crippen LogP contribution in [0.4, 0.5) is 0 Å². The van der Waals surface area contributed by atoms with Gasteiger partial charge in [0.1, 0.15) is 11.5 Å². The molecule has 0 saturated carbocycles. The third-order valence-electron chi connectivity index (χ3n) is 6.84. The summed E-state index contributed by atoms with van der Waals surface area (Å²) < 4.78 is 2.11. The van der Waals surface area contributed by atoms with Crippen molar-refractivity contribution in [1.29, 1.82) is 0 Å². The van der Waals surface area contributed by atoms with Crippen LogP contribution in [0.1, 0.15) is 0 Å². The molecule has 0 aliphatic heterocycles. The van der Waals surface area contributed by atoms with Gasteiger partial charge in [-0.25, -0.2) is 4.98 Å². The number of rotatable bonds is 4. The summed E-state index contributed by atoms with van der Waals surface area (Å²) in [5.74, 6) is 1.01. The Hall–Kier alpha value is -4.53. The second-order valence-electron chi connectivity index (χ2n) is 9.19. The first-order valence-electron chi connectivity index (χ1n) is 12.5. The largest absolute Gasteiger partial charge is 0.515 e. The minimum absolute atomic E-state index is 0. The van der Waals surface area contributed by atoms with Crippen molar-refractivity contribution >= 4 is 21.9 Å². The van der Waals surface area contributed by atoms with Crippen LogP contribution in [0.5, 0.6) is 5.75 Å². The van der Waals surface area contributed by atoms with E-state index in [1.807, 2.05) is 79.0 Å². The molecule has 3 aromatic heterocycles. The number of phenols is 1. The predicted molar refractivity (Wildman–Crippen MR) is 153 cm³/mol. The van der Waals surface area contributed by atoms with Gasteiger partial charge < -0.3 is 5.11 Å². The average Bonchev–Trinajstić information content (AvgIpc) is 3.32. The van der Waals surface area contributed by atoms with E-state index >= 15 is 0 Å². The summed E-state index contributed by atoms with van der Waals surface area (Å²) in [6.07, 6.45) is 1.82. The predicted octanol–water partition coefficient (Wildman–Crippen LogP) is 8.08. The van der Waals surface area contributed by atoms with Crippen molar-refractivity contribution in [3.63, 3.8) is 0 Å². The standard InChI is InChI=1S/C34H22N3O.Pt/c38-32-17-7-5-12-27(32)25-20-24(23-10-2-1-3-11-23)21-26(22-25)30-15-8-18-33(36-30)37-31-16-6-4-13-28(31)29-14-9-19-35-34(29)37;/h1-21,38H;/q-1;. The van der Waals surface area contributed by atoms with Gasteiger partial charge in [-0.3, -0.25) is 9.55 Å². The summed E-state index contributed by atoms with van der Waals surface area (Å²) in [6, 6.07) is 43.7. The van der Waals surface area contributed by atoms with Gasteiger partial charge in [0, 0.05) is 43.7 Å². The van der Waals surface area contributed by atoms with Crippen molar-refractivity contribution in [2.75, 3.05) is 0 Å². The molecule has 0 radical (unpaired) electrons. The molecule has 7 aromatic rings. The van der Waals surface area contributed by atoms with Gasteiger partial charge in [0.25, 0.3) is 0 Å². The van der Waals surface area contributed by atoms with E-state index in [0.29, 0.717) is 0 Å². The number of nitrogens with zero attached hydrogens (tertiary/aromatic N) is 3. The van der Waals surface area contributed by atoms with Gasteiger partial charge in [-0.1, -0.05) is 90.0 Å². The number of hydrogen-bond acceptors (Lipinski definition) is 3. The molecule has 7 rings (SSSR count). The molecule has 0 unspecified atom stereocenters. The first-order chi connectivity index (χ1) is 18.8. The Bertz CT molecular complexity index is 1890. The number of phenolic OH excluding ortho intramolecular Hbond substituents is 1. The SMILES string of the molecule is Oc1ccccc1-c1[c-]c(-c2cccc(-n3c4ccccc4c4cccnc43)n2)cc(-c2ccccc2)c1.[Pt]. The van der Waals surface area contributed by atoms with Gasteiger partial charge >= 0.3 is 0 Å². The van der Waals surface area contributed by atoms with Crippen molar-refractivity contribution in [2.24, 2.45) is 0 Å². The Kier molecular flexibility index (Phi) is 6.56. The van der Waals surface area contributed by atoms with Crippen molar-refractivity contribution < 1.29 is 26.2 Å². The molecule has 5 heteroatoms. The fraction of sp³-hybridized carbons (Fsp3) is 0. The molecule has 0 atom stereocenters. The Morgan fingerprint density at radius 2 is 1.38 bits per heavy atom. The summed E-state index contributed by atoms with van der Waals surface area (Å²) in [4.78, 5) is 9.81. The molecule has 0 aliphatic carbocycles. The molecule has 4 nitrogen and oxygen atoms in total. The third kappa shape index (κ3) is 4.43. The van der Waals surface area contributed by atoms with Crippen LogP contribution in [0.2, 0.25) is 0 Å². The Labute approximate surface area is 240 Å². The first kappa shape index (κ1) is 24.8. The van der Waals surface area contributed by atoms with Gasteiger partial charge in [0.05, 0.1) is 11.3 Å². The molecule has 3 heterocycles. The van der Waals surface area contributed by atoms with Crippen LogP contribution in [0, 0.1) is 6.07 Å². The molecule has 0 saturated heterocycles. The van der Waals surface area contributed by atoms with Gasteiger partial charge in [-0.2, -0.15) is 0 Å². The zero-order valence-corrected chi connectivity index (χ0v) is 23.0. The van der Waals surface area contributed by atoms with E-state index in [1.165, 1.54) is 0 Å². The number of aromatic nitrogens is 3. The Morgan fingerprint density at radius 3 is 2.26 bits per heavy atom. The Morgan fingerprint density at radius 1 is 0.641 bits per heavy atom. The smallest absolute Gasteiger partial charge is 0.146 e. The molecule has 0 spiro atoms. The maximum atomic E-state index is 10.6. The molecular weight excluding hydrogens is 661 g/mol. The fourth-order valence-corrected chi connectivity index (χ4v) is 5.08. The normalized spacial score (nSPS) is 11.0. The number of hydrogen-bond donors (Lipinski definition) is 1. The third-order valence-corrected chi connectivity index (χ3v) is 6.84. The number of benzene rings is 4. The molecular formula is C34H22N3OPt-. The van der Waals surface area contributed by atoms with Gasteiger partial charge in [0.2, 0.25) is 0 Å². The zero-order valence-electron chi connectivity index (χ0n) is 20.7. The topological polar surface area (TPSA) is 50.9 Å². The van der Waals surface area contributed by atoms with Crippen LogP contribution in [-0.2, 0) is 21.1 Å².